The molecule has 1 aromatic carbocycles. The molecule has 0 spiro atoms. The number of hydrogen-bond acceptors (Lipinski definition) is 22. The Balaban J connectivity index is 1.94. The summed E-state index contributed by atoms with van der Waals surface area (Å²) in [6, 6.07) is 2.98. The summed E-state index contributed by atoms with van der Waals surface area (Å²) in [6.45, 7) is -1.88. The van der Waals surface area contributed by atoms with Gasteiger partial charge in [-0.1, -0.05) is 0 Å². The van der Waals surface area contributed by atoms with Gasteiger partial charge in [0.05, 0.1) is 62.5 Å². The second-order valence-corrected chi connectivity index (χ2v) is 13.1. The lowest BCUT2D eigenvalue weighted by atomic mass is 10.2. The number of methoxy groups -OCH3 is 2. The smallest absolute Gasteiger partial charge is 0.266 e. The number of aliphatic hydroxyl groups excluding tert-OH is 4. The van der Waals surface area contributed by atoms with Crippen molar-refractivity contribution in [1.82, 2.24) is 29.9 Å². The van der Waals surface area contributed by atoms with Crippen LogP contribution in [0.3, 0.4) is 0 Å². The van der Waals surface area contributed by atoms with Crippen molar-refractivity contribution < 1.29 is 55.8 Å². The first-order valence-electron chi connectivity index (χ1n) is 14.4. The maximum absolute atomic E-state index is 11.1. The molecule has 50 heavy (non-hydrogen) atoms. The Hall–Kier alpha value is -4.70. The molecule has 278 valence electrons. The number of nitrogens with zero attached hydrogens (tertiary/aromatic N) is 6. The van der Waals surface area contributed by atoms with Crippen molar-refractivity contribution in [3.8, 4) is 11.5 Å². The van der Waals surface area contributed by atoms with Crippen LogP contribution in [-0.2, 0) is 20.2 Å². The lowest BCUT2D eigenvalue weighted by Crippen LogP contribution is -2.24. The zero-order chi connectivity index (χ0) is 36.9. The highest BCUT2D eigenvalue weighted by atomic mass is 32.2. The van der Waals surface area contributed by atoms with E-state index < -0.39 is 57.2 Å². The highest BCUT2D eigenvalue weighted by Crippen LogP contribution is 2.38. The van der Waals surface area contributed by atoms with E-state index in [-0.39, 0.29) is 84.7 Å². The largest absolute Gasteiger partial charge is 0.494 e. The number of benzene rings is 1. The van der Waals surface area contributed by atoms with E-state index in [2.05, 4.69) is 61.8 Å². The van der Waals surface area contributed by atoms with Crippen LogP contribution >= 0.6 is 0 Å². The van der Waals surface area contributed by atoms with Crippen LogP contribution < -0.4 is 41.4 Å². The van der Waals surface area contributed by atoms with Crippen LogP contribution in [0.2, 0.25) is 0 Å². The van der Waals surface area contributed by atoms with E-state index in [0.29, 0.717) is 0 Å². The van der Waals surface area contributed by atoms with Crippen LogP contribution in [-0.4, -0.2) is 154 Å². The maximum atomic E-state index is 11.1. The monoisotopic (exact) mass is 750 g/mol. The summed E-state index contributed by atoms with van der Waals surface area (Å²) in [5.74, 6) is -1.41. The molecule has 26 heteroatoms. The Labute approximate surface area is 285 Å². The normalized spacial score (nSPS) is 12.8. The van der Waals surface area contributed by atoms with Gasteiger partial charge in [-0.05, 0) is 0 Å². The van der Waals surface area contributed by atoms with E-state index in [9.17, 15) is 27.0 Å². The molecular formula is C24H38N12O12S2. The third kappa shape index (κ3) is 13.7. The fraction of sp³-hybridized carbons (Fsp3) is 0.500. The first-order valence-corrected chi connectivity index (χ1v) is 17.6. The van der Waals surface area contributed by atoms with Crippen molar-refractivity contribution in [2.24, 2.45) is 0 Å². The molecule has 0 fully saturated rings. The molecule has 2 heterocycles. The molecule has 24 nitrogen and oxygen atoms in total. The van der Waals surface area contributed by atoms with Gasteiger partial charge in [0.25, 0.3) is 20.2 Å². The molecule has 2 aromatic heterocycles. The molecule has 0 aliphatic carbocycles. The molecule has 12 N–H and O–H groups in total. The number of aliphatic hydroxyl groups is 4. The quantitative estimate of drug-likeness (QED) is 0.0480. The third-order valence-corrected chi connectivity index (χ3v) is 7.42. The summed E-state index contributed by atoms with van der Waals surface area (Å²) in [6.07, 6.45) is -2.29. The van der Waals surface area contributed by atoms with Gasteiger partial charge in [0.2, 0.25) is 35.7 Å². The molecule has 0 aliphatic heterocycles. The van der Waals surface area contributed by atoms with Crippen molar-refractivity contribution in [3.05, 3.63) is 12.1 Å². The molecular weight excluding hydrogens is 712 g/mol. The standard InChI is InChI=1S/C24H38N12O12S2/c1-47-17-7-16(30-24-34-20(26-4-6-50(44,45)46)32-22(36-24)28-10-14(40)12-38)18(48-2)8-15(17)29-23-33-19(25-3-5-49(41,42)43)31-21(35-23)27-9-13(39)11-37/h7-8,13-14,37-40H,3-6,9-12H2,1-2H3,(H,41,42,43)(H,44,45,46)(H3,25,27,29,31,33,35)(H3,26,28,30,32,34,36). The Morgan fingerprint density at radius 3 is 1.22 bits per heavy atom. The highest BCUT2D eigenvalue weighted by Gasteiger charge is 2.18. The van der Waals surface area contributed by atoms with Gasteiger partial charge in [-0.25, -0.2) is 0 Å². The van der Waals surface area contributed by atoms with Crippen molar-refractivity contribution in [1.29, 1.82) is 0 Å². The van der Waals surface area contributed by atoms with E-state index in [1.165, 1.54) is 26.4 Å². The van der Waals surface area contributed by atoms with E-state index in [0.717, 1.165) is 0 Å². The summed E-state index contributed by atoms with van der Waals surface area (Å²) in [5, 5.41) is 54.3. The minimum Gasteiger partial charge on any atom is -0.494 e. The molecule has 0 bridgehead atoms. The number of hydrogen-bond donors (Lipinski definition) is 12. The van der Waals surface area contributed by atoms with E-state index in [1.54, 1.807) is 0 Å². The Bertz CT molecular complexity index is 1660. The van der Waals surface area contributed by atoms with Crippen LogP contribution in [0.5, 0.6) is 11.5 Å². The molecule has 0 saturated heterocycles. The van der Waals surface area contributed by atoms with E-state index in [1.807, 2.05) is 0 Å². The first-order chi connectivity index (χ1) is 23.6. The SMILES string of the molecule is COc1cc(Nc2nc(NCCS(=O)(=O)O)nc(NCC(O)CO)n2)c(OC)cc1Nc1nc(NCCS(=O)(=O)O)nc(NCC(O)CO)n1. The third-order valence-electron chi connectivity index (χ3n) is 5.98. The van der Waals surface area contributed by atoms with Crippen molar-refractivity contribution in [2.75, 3.05) is 97.0 Å². The van der Waals surface area contributed by atoms with Crippen LogP contribution in [0.1, 0.15) is 0 Å². The predicted molar refractivity (Wildman–Crippen MR) is 179 cm³/mol. The number of aromatic nitrogens is 6. The van der Waals surface area contributed by atoms with Crippen molar-refractivity contribution in [3.63, 3.8) is 0 Å². The molecule has 3 aromatic rings. The summed E-state index contributed by atoms with van der Waals surface area (Å²) in [5.41, 5.74) is 0.518. The van der Waals surface area contributed by atoms with E-state index >= 15 is 0 Å². The Kier molecular flexibility index (Phi) is 14.6. The highest BCUT2D eigenvalue weighted by molar-refractivity contribution is 7.86. The molecule has 2 unspecified atom stereocenters. The zero-order valence-electron chi connectivity index (χ0n) is 26.6. The lowest BCUT2D eigenvalue weighted by Gasteiger charge is -2.17. The second-order valence-electron chi connectivity index (χ2n) is 9.98. The van der Waals surface area contributed by atoms with Gasteiger partial charge in [0.1, 0.15) is 11.5 Å². The molecule has 0 saturated carbocycles. The van der Waals surface area contributed by atoms with Gasteiger partial charge in [-0.3, -0.25) is 9.11 Å². The van der Waals surface area contributed by atoms with Crippen LogP contribution in [0.15, 0.2) is 12.1 Å². The predicted octanol–water partition coefficient (Wildman–Crippen LogP) is -2.31. The van der Waals surface area contributed by atoms with Crippen LogP contribution in [0, 0.1) is 0 Å². The van der Waals surface area contributed by atoms with Gasteiger partial charge >= 0.3 is 0 Å². The molecule has 0 aliphatic rings. The molecule has 2 atom stereocenters. The molecule has 3 rings (SSSR count). The molecule has 0 amide bonds. The lowest BCUT2D eigenvalue weighted by molar-refractivity contribution is 0.105. The summed E-state index contributed by atoms with van der Waals surface area (Å²) in [7, 11) is -5.84. The van der Waals surface area contributed by atoms with E-state index in [4.69, 9.17) is 28.8 Å². The summed E-state index contributed by atoms with van der Waals surface area (Å²) < 4.78 is 73.7. The Morgan fingerprint density at radius 2 is 0.920 bits per heavy atom. The number of nitrogens with one attached hydrogen (secondary N) is 6. The van der Waals surface area contributed by atoms with Gasteiger partial charge < -0.3 is 61.8 Å². The zero-order valence-corrected chi connectivity index (χ0v) is 28.2. The topological polar surface area (TPSA) is 358 Å². The average molecular weight is 751 g/mol. The fourth-order valence-corrected chi connectivity index (χ4v) is 4.36. The van der Waals surface area contributed by atoms with Crippen molar-refractivity contribution >= 4 is 67.3 Å². The average Bonchev–Trinajstić information content (AvgIpc) is 3.05. The minimum atomic E-state index is -4.29. The molecule has 0 radical (unpaired) electrons. The van der Waals surface area contributed by atoms with Gasteiger partial charge in [0.15, 0.2) is 0 Å². The number of ether oxygens (including phenoxy) is 2. The summed E-state index contributed by atoms with van der Waals surface area (Å²) >= 11 is 0. The van der Waals surface area contributed by atoms with Gasteiger partial charge in [-0.15, -0.1) is 0 Å². The number of anilines is 8. The van der Waals surface area contributed by atoms with Gasteiger partial charge in [-0.2, -0.15) is 46.7 Å². The van der Waals surface area contributed by atoms with Crippen LogP contribution in [0.25, 0.3) is 0 Å². The Morgan fingerprint density at radius 1 is 0.600 bits per heavy atom. The maximum Gasteiger partial charge on any atom is 0.266 e. The first kappa shape index (κ1) is 39.7. The van der Waals surface area contributed by atoms with Crippen molar-refractivity contribution in [2.45, 2.75) is 12.2 Å². The second kappa shape index (κ2) is 18.3. The fourth-order valence-electron chi connectivity index (χ4n) is 3.64. The summed E-state index contributed by atoms with van der Waals surface area (Å²) in [4.78, 5) is 25.0. The number of rotatable bonds is 22. The van der Waals surface area contributed by atoms with Crippen LogP contribution in [0.4, 0.5) is 47.1 Å². The minimum absolute atomic E-state index is 0.0691. The van der Waals surface area contributed by atoms with Gasteiger partial charge in [0, 0.05) is 38.3 Å².